The number of amides is 2. The van der Waals surface area contributed by atoms with Crippen LogP contribution >= 0.6 is 11.6 Å². The molecule has 0 spiro atoms. The zero-order valence-electron chi connectivity index (χ0n) is 22.3. The van der Waals surface area contributed by atoms with E-state index < -0.39 is 47.7 Å². The molecule has 2 amide bonds. The Morgan fingerprint density at radius 3 is 2.61 bits per heavy atom. The van der Waals surface area contributed by atoms with Gasteiger partial charge in [-0.05, 0) is 31.2 Å². The van der Waals surface area contributed by atoms with Crippen LogP contribution in [0.4, 0.5) is 33.3 Å². The molecule has 2 aromatic rings. The van der Waals surface area contributed by atoms with Gasteiger partial charge >= 0.3 is 6.18 Å². The van der Waals surface area contributed by atoms with E-state index in [4.69, 9.17) is 16.3 Å². The van der Waals surface area contributed by atoms with Crippen LogP contribution in [0.2, 0.25) is 5.02 Å². The number of alkyl halides is 3. The summed E-state index contributed by atoms with van der Waals surface area (Å²) in [7, 11) is 0. The van der Waals surface area contributed by atoms with Crippen LogP contribution in [0.15, 0.2) is 30.3 Å². The van der Waals surface area contributed by atoms with Crippen LogP contribution in [0.25, 0.3) is 0 Å². The monoisotopic (exact) mass is 603 g/mol. The Bertz CT molecular complexity index is 1260. The lowest BCUT2D eigenvalue weighted by atomic mass is 10.1. The van der Waals surface area contributed by atoms with Gasteiger partial charge in [-0.2, -0.15) is 13.2 Å². The van der Waals surface area contributed by atoms with Crippen LogP contribution in [0.5, 0.6) is 0 Å². The fourth-order valence-corrected chi connectivity index (χ4v) is 4.99. The summed E-state index contributed by atoms with van der Waals surface area (Å²) in [4.78, 5) is 28.9. The zero-order chi connectivity index (χ0) is 29.7. The molecule has 0 saturated carbocycles. The summed E-state index contributed by atoms with van der Waals surface area (Å²) in [5.74, 6) is -3.94. The van der Waals surface area contributed by atoms with Gasteiger partial charge in [-0.15, -0.1) is 0 Å². The number of ether oxygens (including phenoxy) is 1. The third kappa shape index (κ3) is 8.06. The van der Waals surface area contributed by atoms with Gasteiger partial charge in [0.25, 0.3) is 5.91 Å². The van der Waals surface area contributed by atoms with Crippen molar-refractivity contribution in [3.63, 3.8) is 0 Å². The predicted octanol–water partition coefficient (Wildman–Crippen LogP) is 3.94. The normalized spacial score (nSPS) is 20.1. The van der Waals surface area contributed by atoms with E-state index in [1.54, 1.807) is 11.0 Å². The minimum atomic E-state index is -4.25. The summed E-state index contributed by atoms with van der Waals surface area (Å²) in [5, 5.41) is 8.46. The quantitative estimate of drug-likeness (QED) is 0.397. The number of hydrogen-bond acceptors (Lipinski definition) is 6. The molecule has 0 aliphatic carbocycles. The smallest absolute Gasteiger partial charge is 0.378 e. The molecule has 2 aromatic carbocycles. The largest absolute Gasteiger partial charge is 0.390 e. The highest BCUT2D eigenvalue weighted by Crippen LogP contribution is 2.32. The first-order valence-electron chi connectivity index (χ1n) is 13.2. The van der Waals surface area contributed by atoms with Gasteiger partial charge in [-0.3, -0.25) is 14.5 Å². The third-order valence-electron chi connectivity index (χ3n) is 7.09. The molecule has 0 aromatic heterocycles. The highest BCUT2D eigenvalue weighted by atomic mass is 35.5. The number of halogens is 6. The number of morpholine rings is 1. The zero-order valence-corrected chi connectivity index (χ0v) is 23.0. The number of nitrogens with zero attached hydrogens (tertiary/aromatic N) is 2. The Kier molecular flexibility index (Phi) is 10.1. The van der Waals surface area contributed by atoms with Crippen molar-refractivity contribution in [3.8, 4) is 0 Å². The van der Waals surface area contributed by atoms with Gasteiger partial charge in [0.2, 0.25) is 5.91 Å². The molecular weight excluding hydrogens is 573 g/mol. The van der Waals surface area contributed by atoms with Crippen LogP contribution in [-0.4, -0.2) is 80.9 Å². The number of benzene rings is 2. The van der Waals surface area contributed by atoms with E-state index in [9.17, 15) is 31.5 Å². The maximum Gasteiger partial charge on any atom is 0.390 e. The second-order valence-electron chi connectivity index (χ2n) is 10.0. The molecule has 2 atom stereocenters. The lowest BCUT2D eigenvalue weighted by molar-refractivity contribution is -0.139. The molecule has 2 saturated heterocycles. The highest BCUT2D eigenvalue weighted by Gasteiger charge is 2.32. The first kappa shape index (κ1) is 30.9. The number of carbonyl (C=O) groups is 2. The number of nitrogens with one attached hydrogen (secondary N) is 3. The van der Waals surface area contributed by atoms with E-state index in [2.05, 4.69) is 16.0 Å². The van der Waals surface area contributed by atoms with Crippen molar-refractivity contribution in [3.05, 3.63) is 58.1 Å². The van der Waals surface area contributed by atoms with Gasteiger partial charge in [0.1, 0.15) is 6.04 Å². The average Bonchev–Trinajstić information content (AvgIpc) is 2.93. The third-order valence-corrected chi connectivity index (χ3v) is 7.33. The summed E-state index contributed by atoms with van der Waals surface area (Å²) in [5.41, 5.74) is 0.127. The molecule has 14 heteroatoms. The van der Waals surface area contributed by atoms with Gasteiger partial charge < -0.3 is 25.6 Å². The Labute approximate surface area is 239 Å². The molecule has 224 valence electrons. The first-order chi connectivity index (χ1) is 19.4. The van der Waals surface area contributed by atoms with Gasteiger partial charge in [0.05, 0.1) is 36.6 Å². The van der Waals surface area contributed by atoms with E-state index >= 15 is 0 Å². The summed E-state index contributed by atoms with van der Waals surface area (Å²) in [6.07, 6.45) is -5.15. The van der Waals surface area contributed by atoms with E-state index in [-0.39, 0.29) is 37.0 Å². The first-order valence-corrected chi connectivity index (χ1v) is 13.5. The van der Waals surface area contributed by atoms with Crippen LogP contribution < -0.4 is 20.9 Å². The minimum absolute atomic E-state index is 0.117. The Morgan fingerprint density at radius 1 is 1.15 bits per heavy atom. The van der Waals surface area contributed by atoms with E-state index in [0.29, 0.717) is 43.5 Å². The molecule has 3 N–H and O–H groups in total. The Hall–Kier alpha value is -3.00. The fourth-order valence-electron chi connectivity index (χ4n) is 4.82. The number of anilines is 2. The van der Waals surface area contributed by atoms with E-state index in [1.807, 2.05) is 11.8 Å². The maximum absolute atomic E-state index is 15.0. The lowest BCUT2D eigenvalue weighted by Crippen LogP contribution is -2.52. The standard InChI is InChI=1S/C27H31ClF5N5O3/c1-16-14-38(10-9-37(16)8-6-27(31,32)33)22-12-18(28)3-5-20(22)36-25(39)19-4-2-17(23(29)24(19)30)13-35-26(40)21-15-41-11-7-34-21/h2-5,12,16,21,34H,6-11,13-15H2,1H3,(H,35,40)(H,36,39)/t16-,21+/m0/s1. The molecule has 2 aliphatic heterocycles. The van der Waals surface area contributed by atoms with Crippen molar-refractivity contribution in [1.29, 1.82) is 0 Å². The molecule has 41 heavy (non-hydrogen) atoms. The number of hydrogen-bond donors (Lipinski definition) is 3. The number of piperazine rings is 1. The van der Waals surface area contributed by atoms with Crippen molar-refractivity contribution in [2.24, 2.45) is 0 Å². The van der Waals surface area contributed by atoms with E-state index in [0.717, 1.165) is 6.07 Å². The van der Waals surface area contributed by atoms with Crippen molar-refractivity contribution < 1.29 is 36.3 Å². The van der Waals surface area contributed by atoms with Crippen LogP contribution in [0.1, 0.15) is 29.3 Å². The maximum atomic E-state index is 15.0. The molecule has 0 bridgehead atoms. The second kappa shape index (κ2) is 13.3. The number of carbonyl (C=O) groups excluding carboxylic acids is 2. The lowest BCUT2D eigenvalue weighted by Gasteiger charge is -2.41. The van der Waals surface area contributed by atoms with Crippen LogP contribution in [-0.2, 0) is 16.1 Å². The number of rotatable bonds is 8. The van der Waals surface area contributed by atoms with Gasteiger partial charge in [0.15, 0.2) is 11.6 Å². The van der Waals surface area contributed by atoms with Gasteiger partial charge in [0, 0.05) is 55.9 Å². The molecule has 2 aliphatic rings. The van der Waals surface area contributed by atoms with Crippen molar-refractivity contribution in [2.75, 3.05) is 56.2 Å². The fraction of sp³-hybridized carbons (Fsp3) is 0.481. The second-order valence-corrected chi connectivity index (χ2v) is 10.4. The van der Waals surface area contributed by atoms with E-state index in [1.165, 1.54) is 18.2 Å². The molecule has 8 nitrogen and oxygen atoms in total. The predicted molar refractivity (Wildman–Crippen MR) is 144 cm³/mol. The summed E-state index contributed by atoms with van der Waals surface area (Å²) >= 11 is 6.19. The summed E-state index contributed by atoms with van der Waals surface area (Å²) < 4.78 is 73.1. The molecule has 0 unspecified atom stereocenters. The Balaban J connectivity index is 1.43. The van der Waals surface area contributed by atoms with Crippen LogP contribution in [0, 0.1) is 11.6 Å². The van der Waals surface area contributed by atoms with Crippen molar-refractivity contribution >= 4 is 34.8 Å². The molecule has 2 fully saturated rings. The SMILES string of the molecule is C[C@H]1CN(c2cc(Cl)ccc2NC(=O)c2ccc(CNC(=O)[C@H]3COCCN3)c(F)c2F)CCN1CCC(F)(F)F. The Morgan fingerprint density at radius 2 is 1.93 bits per heavy atom. The van der Waals surface area contributed by atoms with Gasteiger partial charge in [-0.1, -0.05) is 17.7 Å². The highest BCUT2D eigenvalue weighted by molar-refractivity contribution is 6.31. The van der Waals surface area contributed by atoms with Crippen LogP contribution in [0.3, 0.4) is 0 Å². The minimum Gasteiger partial charge on any atom is -0.378 e. The molecule has 2 heterocycles. The average molecular weight is 604 g/mol. The van der Waals surface area contributed by atoms with Gasteiger partial charge in [-0.25, -0.2) is 8.78 Å². The van der Waals surface area contributed by atoms with Crippen molar-refractivity contribution in [2.45, 2.75) is 38.1 Å². The molecule has 0 radical (unpaired) electrons. The molecule has 4 rings (SSSR count). The topological polar surface area (TPSA) is 85.9 Å². The van der Waals surface area contributed by atoms with Crippen molar-refractivity contribution in [1.82, 2.24) is 15.5 Å². The molecular formula is C27H31ClF5N5O3. The summed E-state index contributed by atoms with van der Waals surface area (Å²) in [6, 6.07) is 6.20. The summed E-state index contributed by atoms with van der Waals surface area (Å²) in [6.45, 7) is 3.66.